The molecule has 0 aliphatic heterocycles. The van der Waals surface area contributed by atoms with Crippen LogP contribution in [0.2, 0.25) is 0 Å². The molecule has 2 rings (SSSR count). The van der Waals surface area contributed by atoms with E-state index >= 15 is 0 Å². The predicted octanol–water partition coefficient (Wildman–Crippen LogP) is 1.27. The van der Waals surface area contributed by atoms with Crippen molar-refractivity contribution in [1.29, 1.82) is 0 Å². The van der Waals surface area contributed by atoms with Crippen LogP contribution in [0.4, 0.5) is 0 Å². The Morgan fingerprint density at radius 1 is 0.957 bits per heavy atom. The quantitative estimate of drug-likeness (QED) is 0.660. The number of aromatic nitrogens is 2. The van der Waals surface area contributed by atoms with Crippen LogP contribution in [0.25, 0.3) is 0 Å². The lowest BCUT2D eigenvalue weighted by Gasteiger charge is -1.97. The summed E-state index contributed by atoms with van der Waals surface area (Å²) in [4.78, 5) is 48.9. The molecule has 0 atom stereocenters. The highest BCUT2D eigenvalue weighted by Gasteiger charge is 2.05. The van der Waals surface area contributed by atoms with Gasteiger partial charge in [0.25, 0.3) is 0 Å². The van der Waals surface area contributed by atoms with Gasteiger partial charge in [0.2, 0.25) is 0 Å². The zero-order valence-corrected chi connectivity index (χ0v) is 12.0. The van der Waals surface area contributed by atoms with Crippen molar-refractivity contribution in [2.45, 2.75) is 0 Å². The lowest BCUT2D eigenvalue weighted by Crippen LogP contribution is -2.02. The van der Waals surface area contributed by atoms with Gasteiger partial charge in [0.15, 0.2) is 12.6 Å². The third kappa shape index (κ3) is 5.46. The number of carbonyl (C=O) groups is 4. The summed E-state index contributed by atoms with van der Waals surface area (Å²) in [6, 6.07) is 2.69. The minimum absolute atomic E-state index is 0.0228. The summed E-state index contributed by atoms with van der Waals surface area (Å²) in [7, 11) is 1.27. The fraction of sp³-hybridized carbons (Fsp3) is 0.0667. The maximum Gasteiger partial charge on any atom is 0.339 e. The van der Waals surface area contributed by atoms with Crippen LogP contribution in [0, 0.1) is 0 Å². The van der Waals surface area contributed by atoms with Crippen LogP contribution in [0.3, 0.4) is 0 Å². The van der Waals surface area contributed by atoms with Gasteiger partial charge in [-0.05, 0) is 12.1 Å². The highest BCUT2D eigenvalue weighted by molar-refractivity contribution is 5.91. The molecular formula is C15H12N2O6. The molecule has 0 aliphatic rings. The molecule has 1 N–H and O–H groups in total. The standard InChI is InChI=1S/C8H7NO3.C7H5NO3/c1-12-8(11)7-2-6(5-10)3-9-4-7;9-4-5-1-6(7(10)11)3-8-2-5/h2-5H,1H3;1-4H,(H,10,11). The maximum absolute atomic E-state index is 10.9. The molecular weight excluding hydrogens is 304 g/mol. The largest absolute Gasteiger partial charge is 0.478 e. The van der Waals surface area contributed by atoms with Crippen molar-refractivity contribution in [2.24, 2.45) is 0 Å². The van der Waals surface area contributed by atoms with Gasteiger partial charge in [-0.25, -0.2) is 9.59 Å². The van der Waals surface area contributed by atoms with Crippen molar-refractivity contribution in [1.82, 2.24) is 9.97 Å². The number of carbonyl (C=O) groups excluding carboxylic acids is 3. The molecule has 0 saturated heterocycles. The van der Waals surface area contributed by atoms with Crippen molar-refractivity contribution in [2.75, 3.05) is 7.11 Å². The molecule has 2 aromatic heterocycles. The van der Waals surface area contributed by atoms with Crippen molar-refractivity contribution in [3.05, 3.63) is 59.2 Å². The van der Waals surface area contributed by atoms with E-state index in [0.717, 1.165) is 0 Å². The van der Waals surface area contributed by atoms with Gasteiger partial charge in [-0.2, -0.15) is 0 Å². The van der Waals surface area contributed by atoms with E-state index in [9.17, 15) is 19.2 Å². The summed E-state index contributed by atoms with van der Waals surface area (Å²) in [5.74, 6) is -1.58. The fourth-order valence-corrected chi connectivity index (χ4v) is 1.39. The summed E-state index contributed by atoms with van der Waals surface area (Å²) in [5.41, 5.74) is 0.930. The molecule has 0 aliphatic carbocycles. The topological polar surface area (TPSA) is 124 Å². The van der Waals surface area contributed by atoms with Gasteiger partial charge in [0.05, 0.1) is 18.2 Å². The zero-order valence-electron chi connectivity index (χ0n) is 12.0. The van der Waals surface area contributed by atoms with Crippen molar-refractivity contribution >= 4 is 24.5 Å². The second-order valence-electron chi connectivity index (χ2n) is 4.05. The Balaban J connectivity index is 0.000000231. The molecule has 0 bridgehead atoms. The minimum Gasteiger partial charge on any atom is -0.478 e. The van der Waals surface area contributed by atoms with E-state index in [-0.39, 0.29) is 16.7 Å². The van der Waals surface area contributed by atoms with Gasteiger partial charge < -0.3 is 9.84 Å². The molecule has 0 aromatic carbocycles. The fourth-order valence-electron chi connectivity index (χ4n) is 1.39. The van der Waals surface area contributed by atoms with Crippen LogP contribution in [0.15, 0.2) is 36.9 Å². The Hall–Kier alpha value is -3.42. The molecule has 118 valence electrons. The smallest absolute Gasteiger partial charge is 0.339 e. The average molecular weight is 316 g/mol. The first-order valence-electron chi connectivity index (χ1n) is 6.14. The molecule has 8 heteroatoms. The highest BCUT2D eigenvalue weighted by Crippen LogP contribution is 2.01. The summed E-state index contributed by atoms with van der Waals surface area (Å²) >= 11 is 0. The van der Waals surface area contributed by atoms with Crippen LogP contribution >= 0.6 is 0 Å². The number of esters is 1. The van der Waals surface area contributed by atoms with Gasteiger partial charge >= 0.3 is 11.9 Å². The molecule has 0 unspecified atom stereocenters. The van der Waals surface area contributed by atoms with Gasteiger partial charge in [0.1, 0.15) is 0 Å². The first-order chi connectivity index (χ1) is 11.0. The van der Waals surface area contributed by atoms with Gasteiger partial charge in [0, 0.05) is 35.9 Å². The maximum atomic E-state index is 10.9. The zero-order chi connectivity index (χ0) is 17.2. The third-order valence-corrected chi connectivity index (χ3v) is 2.46. The Morgan fingerprint density at radius 2 is 1.43 bits per heavy atom. The van der Waals surface area contributed by atoms with E-state index in [4.69, 9.17) is 5.11 Å². The molecule has 23 heavy (non-hydrogen) atoms. The lowest BCUT2D eigenvalue weighted by molar-refractivity contribution is 0.0599. The first-order valence-corrected chi connectivity index (χ1v) is 6.14. The Bertz CT molecular complexity index is 729. The number of hydrogen-bond acceptors (Lipinski definition) is 7. The summed E-state index contributed by atoms with van der Waals surface area (Å²) in [5, 5.41) is 8.45. The summed E-state index contributed by atoms with van der Waals surface area (Å²) in [6.45, 7) is 0. The summed E-state index contributed by atoms with van der Waals surface area (Å²) in [6.07, 6.45) is 6.39. The number of pyridine rings is 2. The molecule has 0 radical (unpaired) electrons. The van der Waals surface area contributed by atoms with E-state index in [1.54, 1.807) is 0 Å². The van der Waals surface area contributed by atoms with Gasteiger partial charge in [-0.3, -0.25) is 19.6 Å². The van der Waals surface area contributed by atoms with Gasteiger partial charge in [-0.15, -0.1) is 0 Å². The van der Waals surface area contributed by atoms with Gasteiger partial charge in [-0.1, -0.05) is 0 Å². The molecule has 0 fully saturated rings. The van der Waals surface area contributed by atoms with Crippen molar-refractivity contribution < 1.29 is 29.0 Å². The number of aldehydes is 2. The monoisotopic (exact) mass is 316 g/mol. The van der Waals surface area contributed by atoms with Crippen LogP contribution in [0.5, 0.6) is 0 Å². The van der Waals surface area contributed by atoms with E-state index in [1.807, 2.05) is 0 Å². The predicted molar refractivity (Wildman–Crippen MR) is 77.5 cm³/mol. The van der Waals surface area contributed by atoms with Crippen LogP contribution in [-0.4, -0.2) is 46.7 Å². The normalized spacial score (nSPS) is 9.09. The van der Waals surface area contributed by atoms with Crippen LogP contribution in [0.1, 0.15) is 41.4 Å². The van der Waals surface area contributed by atoms with E-state index < -0.39 is 11.9 Å². The number of rotatable bonds is 4. The van der Waals surface area contributed by atoms with E-state index in [1.165, 1.54) is 44.0 Å². The van der Waals surface area contributed by atoms with E-state index in [0.29, 0.717) is 18.1 Å². The minimum atomic E-state index is -1.08. The number of aromatic carboxylic acids is 1. The number of methoxy groups -OCH3 is 1. The lowest BCUT2D eigenvalue weighted by atomic mass is 10.2. The van der Waals surface area contributed by atoms with E-state index in [2.05, 4.69) is 14.7 Å². The first kappa shape index (κ1) is 17.6. The SMILES string of the molecule is COC(=O)c1cncc(C=O)c1.O=Cc1cncc(C(=O)O)c1. The number of hydrogen-bond donors (Lipinski definition) is 1. The number of carboxylic acid groups (broad SMARTS) is 1. The van der Waals surface area contributed by atoms with Crippen molar-refractivity contribution in [3.8, 4) is 0 Å². The Morgan fingerprint density at radius 3 is 1.87 bits per heavy atom. The third-order valence-electron chi connectivity index (χ3n) is 2.46. The number of ether oxygens (including phenoxy) is 1. The molecule has 0 amide bonds. The van der Waals surface area contributed by atoms with Crippen LogP contribution < -0.4 is 0 Å². The summed E-state index contributed by atoms with van der Waals surface area (Å²) < 4.78 is 4.44. The number of nitrogens with zero attached hydrogens (tertiary/aromatic N) is 2. The molecule has 2 heterocycles. The average Bonchev–Trinajstić information content (AvgIpc) is 2.61. The molecule has 0 saturated carbocycles. The molecule has 8 nitrogen and oxygen atoms in total. The van der Waals surface area contributed by atoms with Crippen LogP contribution in [-0.2, 0) is 4.74 Å². The Kier molecular flexibility index (Phi) is 6.73. The van der Waals surface area contributed by atoms with Crippen molar-refractivity contribution in [3.63, 3.8) is 0 Å². The second kappa shape index (κ2) is 8.78. The number of carboxylic acids is 1. The highest BCUT2D eigenvalue weighted by atomic mass is 16.5. The second-order valence-corrected chi connectivity index (χ2v) is 4.05. The Labute approximate surface area is 130 Å². The molecule has 0 spiro atoms. The molecule has 2 aromatic rings.